The molecule has 2 aliphatic rings. The van der Waals surface area contributed by atoms with E-state index in [1.165, 1.54) is 40.8 Å². The van der Waals surface area contributed by atoms with Gasteiger partial charge in [-0.1, -0.05) is 51.1 Å². The molecule has 0 amide bonds. The fourth-order valence-electron chi connectivity index (χ4n) is 6.18. The largest absolute Gasteiger partial charge is 0.477 e. The lowest BCUT2D eigenvalue weighted by Crippen LogP contribution is -2.32. The minimum Gasteiger partial charge on any atom is -0.477 e. The van der Waals surface area contributed by atoms with E-state index in [1.54, 1.807) is 11.9 Å². The number of rotatable bonds is 4. The van der Waals surface area contributed by atoms with E-state index in [2.05, 4.69) is 87.1 Å². The third-order valence-corrected chi connectivity index (χ3v) is 8.70. The highest BCUT2D eigenvalue weighted by molar-refractivity contribution is 8.00. The Hall–Kier alpha value is -2.57. The first kappa shape index (κ1) is 27.0. The van der Waals surface area contributed by atoms with Crippen LogP contribution in [0.15, 0.2) is 53.4 Å². The predicted molar refractivity (Wildman–Crippen MR) is 159 cm³/mol. The Morgan fingerprint density at radius 1 is 0.974 bits per heavy atom. The van der Waals surface area contributed by atoms with Crippen LogP contribution in [-0.4, -0.2) is 29.7 Å². The van der Waals surface area contributed by atoms with Crippen LogP contribution >= 0.6 is 11.9 Å². The van der Waals surface area contributed by atoms with Gasteiger partial charge in [-0.25, -0.2) is 4.98 Å². The second-order valence-electron chi connectivity index (χ2n) is 12.3. The Morgan fingerprint density at radius 3 is 2.45 bits per heavy atom. The molecule has 4 bridgehead atoms. The number of piperidine rings is 1. The summed E-state index contributed by atoms with van der Waals surface area (Å²) in [6.07, 6.45) is 4.81. The third kappa shape index (κ3) is 6.70. The molecule has 6 heteroatoms. The Balaban J connectivity index is 1.55. The molecule has 0 saturated carbocycles. The van der Waals surface area contributed by atoms with E-state index in [0.29, 0.717) is 30.3 Å². The van der Waals surface area contributed by atoms with Gasteiger partial charge < -0.3 is 10.1 Å². The van der Waals surface area contributed by atoms with Crippen LogP contribution in [0.1, 0.15) is 69.1 Å². The molecule has 3 aromatic rings. The zero-order valence-corrected chi connectivity index (χ0v) is 24.3. The first-order chi connectivity index (χ1) is 18.2. The molecule has 38 heavy (non-hydrogen) atoms. The molecule has 202 valence electrons. The van der Waals surface area contributed by atoms with Gasteiger partial charge in [0.25, 0.3) is 0 Å². The summed E-state index contributed by atoms with van der Waals surface area (Å²) in [5.74, 6) is 2.79. The first-order valence-corrected chi connectivity index (χ1v) is 14.9. The summed E-state index contributed by atoms with van der Waals surface area (Å²) < 4.78 is 10.0. The molecule has 2 unspecified atom stereocenters. The lowest BCUT2D eigenvalue weighted by molar-refractivity contribution is 0.151. The van der Waals surface area contributed by atoms with Gasteiger partial charge in [0, 0.05) is 22.4 Å². The number of ether oxygens (including phenoxy) is 1. The molecule has 2 aromatic carbocycles. The molecule has 5 nitrogen and oxygen atoms in total. The highest BCUT2D eigenvalue weighted by Crippen LogP contribution is 2.41. The number of fused-ring (bicyclic) bond motifs is 4. The number of aryl methyl sites for hydroxylation is 2. The van der Waals surface area contributed by atoms with Crippen LogP contribution < -0.4 is 14.8 Å². The van der Waals surface area contributed by atoms with E-state index in [0.717, 1.165) is 36.7 Å². The minimum atomic E-state index is 0.200. The zero-order chi connectivity index (χ0) is 26.7. The van der Waals surface area contributed by atoms with Crippen molar-refractivity contribution in [2.24, 2.45) is 17.3 Å². The van der Waals surface area contributed by atoms with Crippen molar-refractivity contribution in [2.75, 3.05) is 24.4 Å². The van der Waals surface area contributed by atoms with Crippen LogP contribution in [0.5, 0.6) is 5.88 Å². The number of aromatic nitrogens is 2. The van der Waals surface area contributed by atoms with Gasteiger partial charge in [0.1, 0.15) is 0 Å². The van der Waals surface area contributed by atoms with Gasteiger partial charge in [0.2, 0.25) is 11.8 Å². The summed E-state index contributed by atoms with van der Waals surface area (Å²) in [5, 5.41) is 3.54. The SMILES string of the molecule is Cc1cccc(C)c1-c1cc2nc(n1)NSc1cccc(c1)C(CC1CCNCC1)C(CC(C)(C)C)CO2. The maximum absolute atomic E-state index is 6.60. The number of nitrogens with one attached hydrogen (secondary N) is 2. The summed E-state index contributed by atoms with van der Waals surface area (Å²) in [7, 11) is 0. The zero-order valence-electron chi connectivity index (χ0n) is 23.5. The number of hydrogen-bond donors (Lipinski definition) is 2. The molecule has 2 atom stereocenters. The van der Waals surface area contributed by atoms with E-state index < -0.39 is 0 Å². The van der Waals surface area contributed by atoms with E-state index in [1.807, 2.05) is 6.07 Å². The summed E-state index contributed by atoms with van der Waals surface area (Å²) in [6, 6.07) is 17.5. The van der Waals surface area contributed by atoms with Gasteiger partial charge in [-0.2, -0.15) is 4.98 Å². The smallest absolute Gasteiger partial charge is 0.237 e. The first-order valence-electron chi connectivity index (χ1n) is 14.1. The second kappa shape index (κ2) is 11.7. The van der Waals surface area contributed by atoms with Crippen molar-refractivity contribution in [2.45, 2.75) is 71.1 Å². The average Bonchev–Trinajstić information content (AvgIpc) is 2.88. The molecule has 1 fully saturated rings. The van der Waals surface area contributed by atoms with Gasteiger partial charge in [-0.3, -0.25) is 4.72 Å². The van der Waals surface area contributed by atoms with E-state index in [-0.39, 0.29) is 5.41 Å². The second-order valence-corrected chi connectivity index (χ2v) is 13.2. The fourth-order valence-corrected chi connectivity index (χ4v) is 6.82. The molecule has 2 aliphatic heterocycles. The number of benzene rings is 2. The lowest BCUT2D eigenvalue weighted by Gasteiger charge is -2.36. The summed E-state index contributed by atoms with van der Waals surface area (Å²) in [4.78, 5) is 10.9. The Morgan fingerprint density at radius 2 is 1.71 bits per heavy atom. The van der Waals surface area contributed by atoms with Crippen molar-refractivity contribution in [1.82, 2.24) is 15.3 Å². The van der Waals surface area contributed by atoms with Crippen LogP contribution in [0.2, 0.25) is 0 Å². The van der Waals surface area contributed by atoms with Crippen molar-refractivity contribution < 1.29 is 4.74 Å². The molecule has 2 N–H and O–H groups in total. The van der Waals surface area contributed by atoms with Gasteiger partial charge in [0.05, 0.1) is 12.3 Å². The normalized spacial score (nSPS) is 20.6. The summed E-state index contributed by atoms with van der Waals surface area (Å²) in [6.45, 7) is 14.2. The van der Waals surface area contributed by atoms with Crippen LogP contribution in [0.3, 0.4) is 0 Å². The third-order valence-electron chi connectivity index (χ3n) is 7.92. The van der Waals surface area contributed by atoms with Crippen molar-refractivity contribution in [1.29, 1.82) is 0 Å². The molecule has 0 spiro atoms. The van der Waals surface area contributed by atoms with Gasteiger partial charge >= 0.3 is 0 Å². The average molecular weight is 531 g/mol. The monoisotopic (exact) mass is 530 g/mol. The molecule has 3 heterocycles. The van der Waals surface area contributed by atoms with Crippen LogP contribution in [-0.2, 0) is 0 Å². The predicted octanol–water partition coefficient (Wildman–Crippen LogP) is 7.80. The van der Waals surface area contributed by atoms with Gasteiger partial charge in [-0.15, -0.1) is 0 Å². The number of hydrogen-bond acceptors (Lipinski definition) is 6. The van der Waals surface area contributed by atoms with E-state index in [4.69, 9.17) is 14.7 Å². The minimum absolute atomic E-state index is 0.200. The standard InChI is InChI=1S/C32H42N4OS/c1-21-8-6-9-22(2)30(21)28-18-29-35-31(34-28)36-38-26-11-7-10-24(17-26)27(16-23-12-14-33-15-13-23)25(20-37-29)19-32(3,4)5/h6-11,17-18,23,25,27,33H,12-16,19-20H2,1-5H3,(H,34,35,36). The van der Waals surface area contributed by atoms with E-state index >= 15 is 0 Å². The molecule has 1 aromatic heterocycles. The highest BCUT2D eigenvalue weighted by atomic mass is 32.2. The topological polar surface area (TPSA) is 59.1 Å². The summed E-state index contributed by atoms with van der Waals surface area (Å²) in [5.41, 5.74) is 6.08. The Bertz CT molecular complexity index is 1230. The van der Waals surface area contributed by atoms with Crippen molar-refractivity contribution >= 4 is 17.9 Å². The van der Waals surface area contributed by atoms with Crippen LogP contribution in [0.4, 0.5) is 5.95 Å². The number of nitrogens with zero attached hydrogens (tertiary/aromatic N) is 2. The molecule has 0 radical (unpaired) electrons. The molecule has 5 rings (SSSR count). The maximum atomic E-state index is 6.60. The van der Waals surface area contributed by atoms with Gasteiger partial charge in [0.15, 0.2) is 0 Å². The van der Waals surface area contributed by atoms with Gasteiger partial charge in [-0.05, 0) is 111 Å². The molecule has 1 saturated heterocycles. The fraction of sp³-hybridized carbons (Fsp3) is 0.500. The van der Waals surface area contributed by atoms with Crippen molar-refractivity contribution in [3.63, 3.8) is 0 Å². The molecular formula is C32H42N4OS. The lowest BCUT2D eigenvalue weighted by atomic mass is 9.72. The van der Waals surface area contributed by atoms with Crippen LogP contribution in [0.25, 0.3) is 11.3 Å². The highest BCUT2D eigenvalue weighted by Gasteiger charge is 2.32. The Kier molecular flexibility index (Phi) is 8.29. The van der Waals surface area contributed by atoms with Crippen molar-refractivity contribution in [3.8, 4) is 17.1 Å². The summed E-state index contributed by atoms with van der Waals surface area (Å²) >= 11 is 1.58. The van der Waals surface area contributed by atoms with Crippen LogP contribution in [0, 0.1) is 31.1 Å². The molecular weight excluding hydrogens is 488 g/mol. The molecule has 0 aliphatic carbocycles. The Labute approximate surface area is 232 Å². The van der Waals surface area contributed by atoms with E-state index in [9.17, 15) is 0 Å². The van der Waals surface area contributed by atoms with Crippen molar-refractivity contribution in [3.05, 3.63) is 65.2 Å². The maximum Gasteiger partial charge on any atom is 0.237 e. The quantitative estimate of drug-likeness (QED) is 0.336. The number of anilines is 1.